The molecule has 0 aliphatic carbocycles. The van der Waals surface area contributed by atoms with Crippen LogP contribution >= 0.6 is 0 Å². The summed E-state index contributed by atoms with van der Waals surface area (Å²) in [5, 5.41) is 0. The summed E-state index contributed by atoms with van der Waals surface area (Å²) in [5.74, 6) is 0.729. The summed E-state index contributed by atoms with van der Waals surface area (Å²) in [6.07, 6.45) is 0.0231. The van der Waals surface area contributed by atoms with E-state index in [1.807, 2.05) is 39.0 Å². The molecule has 0 bridgehead atoms. The van der Waals surface area contributed by atoms with Crippen LogP contribution in [0.1, 0.15) is 19.4 Å². The van der Waals surface area contributed by atoms with Gasteiger partial charge in [0.05, 0.1) is 12.3 Å². The molecule has 15 heavy (non-hydrogen) atoms. The number of hydrogen-bond acceptors (Lipinski definition) is 3. The largest absolute Gasteiger partial charge is 0.486 e. The summed E-state index contributed by atoms with van der Waals surface area (Å²) >= 11 is 0. The van der Waals surface area contributed by atoms with Crippen LogP contribution in [0.3, 0.4) is 0 Å². The van der Waals surface area contributed by atoms with Gasteiger partial charge in [0.15, 0.2) is 0 Å². The summed E-state index contributed by atoms with van der Waals surface area (Å²) in [4.78, 5) is 0. The third-order valence-electron chi connectivity index (χ3n) is 2.05. The molecule has 0 spiro atoms. The van der Waals surface area contributed by atoms with E-state index in [4.69, 9.17) is 15.2 Å². The summed E-state index contributed by atoms with van der Waals surface area (Å²) < 4.78 is 10.9. The van der Waals surface area contributed by atoms with Crippen molar-refractivity contribution < 1.29 is 9.47 Å². The standard InChI is InChI=1S/C12H19NO2/c1-4-14-8-10(3)15-12-6-5-9(2)7-11(12)13/h5-7,10H,4,8,13H2,1-3H3. The SMILES string of the molecule is CCOCC(C)Oc1ccc(C)cc1N. The molecule has 1 atom stereocenters. The number of hydrogen-bond donors (Lipinski definition) is 1. The Bertz CT molecular complexity index is 312. The second kappa shape index (κ2) is 5.61. The quantitative estimate of drug-likeness (QED) is 0.757. The van der Waals surface area contributed by atoms with Crippen LogP contribution in [0.15, 0.2) is 18.2 Å². The van der Waals surface area contributed by atoms with Gasteiger partial charge in [-0.3, -0.25) is 0 Å². The number of aryl methyl sites for hydroxylation is 1. The minimum atomic E-state index is 0.0231. The van der Waals surface area contributed by atoms with Crippen LogP contribution in [-0.4, -0.2) is 19.3 Å². The fraction of sp³-hybridized carbons (Fsp3) is 0.500. The summed E-state index contributed by atoms with van der Waals surface area (Å²) in [5.41, 5.74) is 7.65. The highest BCUT2D eigenvalue weighted by molar-refractivity contribution is 5.54. The van der Waals surface area contributed by atoms with Gasteiger partial charge in [0.25, 0.3) is 0 Å². The van der Waals surface area contributed by atoms with E-state index in [2.05, 4.69) is 0 Å². The van der Waals surface area contributed by atoms with Crippen molar-refractivity contribution in [1.82, 2.24) is 0 Å². The van der Waals surface area contributed by atoms with Crippen molar-refractivity contribution >= 4 is 5.69 Å². The third kappa shape index (κ3) is 3.80. The van der Waals surface area contributed by atoms with Crippen molar-refractivity contribution in [3.8, 4) is 5.75 Å². The van der Waals surface area contributed by atoms with Gasteiger partial charge < -0.3 is 15.2 Å². The van der Waals surface area contributed by atoms with Crippen molar-refractivity contribution in [3.05, 3.63) is 23.8 Å². The highest BCUT2D eigenvalue weighted by Gasteiger charge is 2.06. The molecule has 1 aromatic rings. The van der Waals surface area contributed by atoms with Crippen molar-refractivity contribution in [3.63, 3.8) is 0 Å². The predicted octanol–water partition coefficient (Wildman–Crippen LogP) is 2.38. The highest BCUT2D eigenvalue weighted by atomic mass is 16.5. The van der Waals surface area contributed by atoms with Gasteiger partial charge in [-0.1, -0.05) is 6.07 Å². The van der Waals surface area contributed by atoms with Gasteiger partial charge in [-0.05, 0) is 38.5 Å². The lowest BCUT2D eigenvalue weighted by atomic mass is 10.2. The molecule has 0 saturated heterocycles. The number of anilines is 1. The van der Waals surface area contributed by atoms with Gasteiger partial charge in [0.1, 0.15) is 11.9 Å². The Labute approximate surface area is 91.2 Å². The monoisotopic (exact) mass is 209 g/mol. The van der Waals surface area contributed by atoms with Gasteiger partial charge in [-0.25, -0.2) is 0 Å². The average Bonchev–Trinajstić information content (AvgIpc) is 2.19. The third-order valence-corrected chi connectivity index (χ3v) is 2.05. The molecular weight excluding hydrogens is 190 g/mol. The number of nitrogens with two attached hydrogens (primary N) is 1. The molecule has 0 heterocycles. The fourth-order valence-electron chi connectivity index (χ4n) is 1.31. The summed E-state index contributed by atoms with van der Waals surface area (Å²) in [6, 6.07) is 5.79. The highest BCUT2D eigenvalue weighted by Crippen LogP contribution is 2.23. The lowest BCUT2D eigenvalue weighted by Gasteiger charge is -2.16. The molecule has 84 valence electrons. The zero-order chi connectivity index (χ0) is 11.3. The topological polar surface area (TPSA) is 44.5 Å². The van der Waals surface area contributed by atoms with Gasteiger partial charge in [-0.2, -0.15) is 0 Å². The van der Waals surface area contributed by atoms with Gasteiger partial charge in [0.2, 0.25) is 0 Å². The first kappa shape index (κ1) is 11.9. The minimum absolute atomic E-state index is 0.0231. The van der Waals surface area contributed by atoms with Crippen LogP contribution in [0.4, 0.5) is 5.69 Å². The molecule has 0 saturated carbocycles. The first-order valence-corrected chi connectivity index (χ1v) is 5.24. The van der Waals surface area contributed by atoms with Crippen molar-refractivity contribution in [2.24, 2.45) is 0 Å². The average molecular weight is 209 g/mol. The molecule has 1 unspecified atom stereocenters. The van der Waals surface area contributed by atoms with Crippen LogP contribution in [0.5, 0.6) is 5.75 Å². The molecule has 0 aromatic heterocycles. The summed E-state index contributed by atoms with van der Waals surface area (Å²) in [7, 11) is 0. The van der Waals surface area contributed by atoms with E-state index in [9.17, 15) is 0 Å². The van der Waals surface area contributed by atoms with Crippen LogP contribution in [0, 0.1) is 6.92 Å². The van der Waals surface area contributed by atoms with Gasteiger partial charge >= 0.3 is 0 Å². The Morgan fingerprint density at radius 3 is 2.73 bits per heavy atom. The Kier molecular flexibility index (Phi) is 4.43. The fourth-order valence-corrected chi connectivity index (χ4v) is 1.31. The van der Waals surface area contributed by atoms with Crippen molar-refractivity contribution in [2.75, 3.05) is 18.9 Å². The maximum atomic E-state index is 5.83. The number of nitrogen functional groups attached to an aromatic ring is 1. The normalized spacial score (nSPS) is 12.5. The van der Waals surface area contributed by atoms with E-state index < -0.39 is 0 Å². The second-order valence-electron chi connectivity index (χ2n) is 3.63. The number of benzene rings is 1. The van der Waals surface area contributed by atoms with Crippen LogP contribution < -0.4 is 10.5 Å². The maximum absolute atomic E-state index is 5.83. The van der Waals surface area contributed by atoms with E-state index >= 15 is 0 Å². The second-order valence-corrected chi connectivity index (χ2v) is 3.63. The van der Waals surface area contributed by atoms with E-state index in [1.165, 1.54) is 0 Å². The van der Waals surface area contributed by atoms with E-state index in [-0.39, 0.29) is 6.10 Å². The van der Waals surface area contributed by atoms with E-state index in [1.54, 1.807) is 0 Å². The van der Waals surface area contributed by atoms with Crippen LogP contribution in [0.25, 0.3) is 0 Å². The lowest BCUT2D eigenvalue weighted by Crippen LogP contribution is -2.19. The number of rotatable bonds is 5. The Morgan fingerprint density at radius 2 is 2.13 bits per heavy atom. The molecule has 0 aliphatic heterocycles. The molecule has 3 nitrogen and oxygen atoms in total. The maximum Gasteiger partial charge on any atom is 0.142 e. The predicted molar refractivity (Wildman–Crippen MR) is 62.2 cm³/mol. The lowest BCUT2D eigenvalue weighted by molar-refractivity contribution is 0.0661. The zero-order valence-electron chi connectivity index (χ0n) is 9.62. The summed E-state index contributed by atoms with van der Waals surface area (Å²) in [6.45, 7) is 7.23. The smallest absolute Gasteiger partial charge is 0.142 e. The molecule has 0 amide bonds. The molecule has 1 aromatic carbocycles. The molecule has 0 radical (unpaired) electrons. The molecule has 3 heteroatoms. The van der Waals surface area contributed by atoms with Crippen LogP contribution in [0.2, 0.25) is 0 Å². The molecule has 0 aliphatic rings. The van der Waals surface area contributed by atoms with Gasteiger partial charge in [-0.15, -0.1) is 0 Å². The minimum Gasteiger partial charge on any atom is -0.486 e. The van der Waals surface area contributed by atoms with E-state index in [0.717, 1.165) is 11.3 Å². The van der Waals surface area contributed by atoms with E-state index in [0.29, 0.717) is 18.9 Å². The Hall–Kier alpha value is -1.22. The van der Waals surface area contributed by atoms with Crippen LogP contribution in [-0.2, 0) is 4.74 Å². The molecule has 2 N–H and O–H groups in total. The Morgan fingerprint density at radius 1 is 1.40 bits per heavy atom. The molecular formula is C12H19NO2. The zero-order valence-corrected chi connectivity index (χ0v) is 9.62. The first-order chi connectivity index (χ1) is 7.13. The molecule has 1 rings (SSSR count). The van der Waals surface area contributed by atoms with Gasteiger partial charge in [0, 0.05) is 6.61 Å². The first-order valence-electron chi connectivity index (χ1n) is 5.24. The Balaban J connectivity index is 2.56. The number of ether oxygens (including phenoxy) is 2. The van der Waals surface area contributed by atoms with Crippen molar-refractivity contribution in [2.45, 2.75) is 26.9 Å². The molecule has 0 fully saturated rings. The van der Waals surface area contributed by atoms with Crippen molar-refractivity contribution in [1.29, 1.82) is 0 Å².